The number of nitrogens with zero attached hydrogens (tertiary/aromatic N) is 1. The van der Waals surface area contributed by atoms with Crippen molar-refractivity contribution in [2.45, 2.75) is 13.0 Å². The smallest absolute Gasteiger partial charge is 0.0702 e. The van der Waals surface area contributed by atoms with Gasteiger partial charge in [0.15, 0.2) is 0 Å². The molecule has 0 aliphatic rings. The molecule has 0 saturated heterocycles. The molecule has 0 spiro atoms. The Labute approximate surface area is 138 Å². The van der Waals surface area contributed by atoms with Crippen molar-refractivity contribution in [1.82, 2.24) is 10.3 Å². The summed E-state index contributed by atoms with van der Waals surface area (Å²) in [5.41, 5.74) is 3.64. The van der Waals surface area contributed by atoms with Crippen LogP contribution in [0.2, 0.25) is 0 Å². The van der Waals surface area contributed by atoms with Crippen LogP contribution in [0, 0.1) is 3.57 Å². The van der Waals surface area contributed by atoms with Gasteiger partial charge in [0.05, 0.1) is 11.6 Å². The Morgan fingerprint density at radius 1 is 1.10 bits per heavy atom. The summed E-state index contributed by atoms with van der Waals surface area (Å²) < 4.78 is 1.28. The molecule has 3 heteroatoms. The normalized spacial score (nSPS) is 12.5. The first kappa shape index (κ1) is 14.5. The van der Waals surface area contributed by atoms with Gasteiger partial charge in [-0.25, -0.2) is 0 Å². The maximum absolute atomic E-state index is 4.40. The molecule has 0 radical (unpaired) electrons. The van der Waals surface area contributed by atoms with E-state index in [0.29, 0.717) is 0 Å². The van der Waals surface area contributed by atoms with Crippen molar-refractivity contribution in [2.75, 3.05) is 6.54 Å². The van der Waals surface area contributed by atoms with Crippen molar-refractivity contribution in [3.05, 3.63) is 75.5 Å². The molecule has 0 bridgehead atoms. The molecule has 0 aliphatic carbocycles. The van der Waals surface area contributed by atoms with E-state index in [1.807, 2.05) is 12.3 Å². The minimum Gasteiger partial charge on any atom is -0.306 e. The Morgan fingerprint density at radius 2 is 1.95 bits per heavy atom. The Balaban J connectivity index is 2.09. The van der Waals surface area contributed by atoms with E-state index in [4.69, 9.17) is 0 Å². The lowest BCUT2D eigenvalue weighted by Gasteiger charge is -2.20. The monoisotopic (exact) mass is 388 g/mol. The Morgan fingerprint density at radius 3 is 2.76 bits per heavy atom. The second-order valence-corrected chi connectivity index (χ2v) is 6.13. The Bertz CT molecular complexity index is 755. The Hall–Kier alpha value is -1.46. The average molecular weight is 388 g/mol. The zero-order valence-electron chi connectivity index (χ0n) is 11.9. The highest BCUT2D eigenvalue weighted by Gasteiger charge is 2.15. The summed E-state index contributed by atoms with van der Waals surface area (Å²) in [4.78, 5) is 4.40. The number of benzene rings is 2. The van der Waals surface area contributed by atoms with Gasteiger partial charge in [-0.15, -0.1) is 0 Å². The lowest BCUT2D eigenvalue weighted by Crippen LogP contribution is -2.22. The van der Waals surface area contributed by atoms with Gasteiger partial charge in [-0.2, -0.15) is 0 Å². The van der Waals surface area contributed by atoms with Crippen LogP contribution in [0.3, 0.4) is 0 Å². The summed E-state index contributed by atoms with van der Waals surface area (Å²) in [6, 6.07) is 19.4. The maximum atomic E-state index is 4.40. The first-order chi connectivity index (χ1) is 10.3. The summed E-state index contributed by atoms with van der Waals surface area (Å²) in [6.45, 7) is 3.08. The second-order valence-electron chi connectivity index (χ2n) is 4.97. The minimum atomic E-state index is 0.215. The molecule has 2 nitrogen and oxygen atoms in total. The van der Waals surface area contributed by atoms with Crippen LogP contribution in [0.1, 0.15) is 24.1 Å². The first-order valence-electron chi connectivity index (χ1n) is 7.12. The van der Waals surface area contributed by atoms with Crippen LogP contribution in [-0.2, 0) is 0 Å². The number of halogens is 1. The van der Waals surface area contributed by atoms with E-state index in [0.717, 1.165) is 12.1 Å². The van der Waals surface area contributed by atoms with Gasteiger partial charge >= 0.3 is 0 Å². The molecule has 1 unspecified atom stereocenters. The van der Waals surface area contributed by atoms with Crippen LogP contribution < -0.4 is 5.32 Å². The molecule has 1 heterocycles. The van der Waals surface area contributed by atoms with Crippen LogP contribution in [0.4, 0.5) is 0 Å². The average Bonchev–Trinajstić information content (AvgIpc) is 2.53. The summed E-state index contributed by atoms with van der Waals surface area (Å²) in [6.07, 6.45) is 1.84. The van der Waals surface area contributed by atoms with Crippen LogP contribution in [0.15, 0.2) is 60.8 Å². The lowest BCUT2D eigenvalue weighted by atomic mass is 9.97. The minimum absolute atomic E-state index is 0.215. The van der Waals surface area contributed by atoms with Crippen LogP contribution >= 0.6 is 22.6 Å². The first-order valence-corrected chi connectivity index (χ1v) is 8.20. The molecule has 2 aromatic carbocycles. The zero-order chi connectivity index (χ0) is 14.7. The fraction of sp³-hybridized carbons (Fsp3) is 0.167. The molecule has 3 aromatic rings. The molecule has 3 rings (SSSR count). The number of hydrogen-bond acceptors (Lipinski definition) is 2. The Kier molecular flexibility index (Phi) is 4.51. The molecule has 1 atom stereocenters. The molecule has 106 valence electrons. The van der Waals surface area contributed by atoms with Gasteiger partial charge in [-0.3, -0.25) is 4.98 Å². The highest BCUT2D eigenvalue weighted by atomic mass is 127. The summed E-state index contributed by atoms with van der Waals surface area (Å²) in [5.74, 6) is 0. The van der Waals surface area contributed by atoms with E-state index >= 15 is 0 Å². The number of fused-ring (bicyclic) bond motifs is 1. The molecule has 1 aromatic heterocycles. The van der Waals surface area contributed by atoms with Gasteiger partial charge < -0.3 is 5.32 Å². The number of rotatable bonds is 4. The van der Waals surface area contributed by atoms with Gasteiger partial charge in [-0.1, -0.05) is 37.3 Å². The highest BCUT2D eigenvalue weighted by molar-refractivity contribution is 14.1. The van der Waals surface area contributed by atoms with Gasteiger partial charge in [0.25, 0.3) is 0 Å². The summed E-state index contributed by atoms with van der Waals surface area (Å²) in [5, 5.41) is 4.78. The third kappa shape index (κ3) is 3.09. The summed E-state index contributed by atoms with van der Waals surface area (Å²) in [7, 11) is 0. The van der Waals surface area contributed by atoms with E-state index in [1.54, 1.807) is 0 Å². The van der Waals surface area contributed by atoms with Gasteiger partial charge in [0.2, 0.25) is 0 Å². The van der Waals surface area contributed by atoms with E-state index < -0.39 is 0 Å². The van der Waals surface area contributed by atoms with Gasteiger partial charge in [0, 0.05) is 15.2 Å². The predicted octanol–water partition coefficient (Wildman–Crippen LogP) is 4.54. The van der Waals surface area contributed by atoms with E-state index in [2.05, 4.69) is 88.3 Å². The number of aromatic nitrogens is 1. The topological polar surface area (TPSA) is 24.9 Å². The van der Waals surface area contributed by atoms with Crippen molar-refractivity contribution < 1.29 is 0 Å². The number of pyridine rings is 1. The third-order valence-corrected chi connectivity index (χ3v) is 4.57. The molecule has 0 fully saturated rings. The van der Waals surface area contributed by atoms with Crippen LogP contribution in [-0.4, -0.2) is 11.5 Å². The molecule has 0 saturated carbocycles. The van der Waals surface area contributed by atoms with Gasteiger partial charge in [0.1, 0.15) is 0 Å². The fourth-order valence-corrected chi connectivity index (χ4v) is 3.29. The van der Waals surface area contributed by atoms with E-state index in [1.165, 1.54) is 20.1 Å². The largest absolute Gasteiger partial charge is 0.306 e. The second kappa shape index (κ2) is 6.54. The molecule has 21 heavy (non-hydrogen) atoms. The zero-order valence-corrected chi connectivity index (χ0v) is 14.0. The molecular weight excluding hydrogens is 371 g/mol. The van der Waals surface area contributed by atoms with Crippen molar-refractivity contribution in [1.29, 1.82) is 0 Å². The van der Waals surface area contributed by atoms with Crippen molar-refractivity contribution >= 4 is 33.5 Å². The van der Waals surface area contributed by atoms with Crippen LogP contribution in [0.5, 0.6) is 0 Å². The fourth-order valence-electron chi connectivity index (χ4n) is 2.59. The molecule has 1 N–H and O–H groups in total. The van der Waals surface area contributed by atoms with Crippen molar-refractivity contribution in [3.63, 3.8) is 0 Å². The van der Waals surface area contributed by atoms with Gasteiger partial charge in [-0.05, 0) is 64.5 Å². The SMILES string of the molecule is CCNC(c1ccc2ncccc2c1)c1ccccc1I. The van der Waals surface area contributed by atoms with Crippen LogP contribution in [0.25, 0.3) is 10.9 Å². The molecule has 0 aliphatic heterocycles. The number of nitrogens with one attached hydrogen (secondary N) is 1. The standard InChI is InChI=1S/C18H17IN2/c1-2-20-18(15-7-3-4-8-16(15)19)14-9-10-17-13(12-14)6-5-11-21-17/h3-12,18,20H,2H2,1H3. The number of hydrogen-bond donors (Lipinski definition) is 1. The van der Waals surface area contributed by atoms with Crippen molar-refractivity contribution in [3.8, 4) is 0 Å². The maximum Gasteiger partial charge on any atom is 0.0702 e. The quantitative estimate of drug-likeness (QED) is 0.664. The third-order valence-electron chi connectivity index (χ3n) is 3.58. The summed E-state index contributed by atoms with van der Waals surface area (Å²) >= 11 is 2.41. The van der Waals surface area contributed by atoms with Crippen molar-refractivity contribution in [2.24, 2.45) is 0 Å². The lowest BCUT2D eigenvalue weighted by molar-refractivity contribution is 0.629. The molecule has 0 amide bonds. The molecular formula is C18H17IN2. The van der Waals surface area contributed by atoms with E-state index in [9.17, 15) is 0 Å². The predicted molar refractivity (Wildman–Crippen MR) is 96.4 cm³/mol. The van der Waals surface area contributed by atoms with E-state index in [-0.39, 0.29) is 6.04 Å². The highest BCUT2D eigenvalue weighted by Crippen LogP contribution is 2.28.